The fraction of sp³-hybridized carbons (Fsp3) is 0.158. The Morgan fingerprint density at radius 1 is 1.09 bits per heavy atom. The number of para-hydroxylation sites is 1. The Labute approximate surface area is 133 Å². The quantitative estimate of drug-likeness (QED) is 0.692. The molecule has 0 N–H and O–H groups in total. The van der Waals surface area contributed by atoms with Crippen molar-refractivity contribution in [3.63, 3.8) is 0 Å². The molecular formula is C19H16O4. The van der Waals surface area contributed by atoms with Crippen molar-refractivity contribution in [1.29, 1.82) is 0 Å². The Bertz CT molecular complexity index is 891. The normalized spacial score (nSPS) is 10.7. The molecule has 0 unspecified atom stereocenters. The lowest BCUT2D eigenvalue weighted by Crippen LogP contribution is -2.09. The van der Waals surface area contributed by atoms with E-state index in [4.69, 9.17) is 9.15 Å². The van der Waals surface area contributed by atoms with Crippen LogP contribution >= 0.6 is 0 Å². The molecule has 0 radical (unpaired) electrons. The molecule has 0 fully saturated rings. The summed E-state index contributed by atoms with van der Waals surface area (Å²) in [7, 11) is 0. The molecule has 1 aromatic heterocycles. The van der Waals surface area contributed by atoms with Crippen LogP contribution in [0.25, 0.3) is 11.0 Å². The smallest absolute Gasteiger partial charge is 0.338 e. The highest BCUT2D eigenvalue weighted by atomic mass is 16.5. The third kappa shape index (κ3) is 3.16. The maximum atomic E-state index is 12.5. The van der Waals surface area contributed by atoms with E-state index in [1.54, 1.807) is 31.2 Å². The number of ether oxygens (including phenoxy) is 1. The molecule has 4 nitrogen and oxygen atoms in total. The lowest BCUT2D eigenvalue weighted by molar-refractivity contribution is 0.0526. The summed E-state index contributed by atoms with van der Waals surface area (Å²) in [5, 5.41) is 0.577. The van der Waals surface area contributed by atoms with Crippen molar-refractivity contribution in [3.8, 4) is 0 Å². The minimum absolute atomic E-state index is 0.0266. The van der Waals surface area contributed by atoms with Gasteiger partial charge >= 0.3 is 5.97 Å². The van der Waals surface area contributed by atoms with Crippen LogP contribution in [0.15, 0.2) is 64.0 Å². The molecule has 0 aliphatic heterocycles. The van der Waals surface area contributed by atoms with Crippen LogP contribution in [0.3, 0.4) is 0 Å². The number of benzene rings is 2. The number of carbonyl (C=O) groups excluding carboxylic acids is 1. The largest absolute Gasteiger partial charge is 0.464 e. The average Bonchev–Trinajstić information content (AvgIpc) is 2.58. The van der Waals surface area contributed by atoms with E-state index in [0.717, 1.165) is 5.56 Å². The van der Waals surface area contributed by atoms with E-state index >= 15 is 0 Å². The first-order valence-electron chi connectivity index (χ1n) is 7.44. The Morgan fingerprint density at radius 3 is 2.57 bits per heavy atom. The average molecular weight is 308 g/mol. The maximum Gasteiger partial charge on any atom is 0.338 e. The summed E-state index contributed by atoms with van der Waals surface area (Å²) < 4.78 is 10.5. The maximum absolute atomic E-state index is 12.5. The van der Waals surface area contributed by atoms with Crippen molar-refractivity contribution in [2.45, 2.75) is 13.3 Å². The zero-order valence-electron chi connectivity index (χ0n) is 12.7. The second-order valence-corrected chi connectivity index (χ2v) is 5.18. The third-order valence-corrected chi connectivity index (χ3v) is 3.61. The summed E-state index contributed by atoms with van der Waals surface area (Å²) in [5.74, 6) is -0.343. The van der Waals surface area contributed by atoms with Gasteiger partial charge in [-0.3, -0.25) is 4.79 Å². The molecule has 4 heteroatoms. The van der Waals surface area contributed by atoms with Crippen molar-refractivity contribution in [2.75, 3.05) is 6.61 Å². The van der Waals surface area contributed by atoms with Crippen LogP contribution < -0.4 is 5.43 Å². The van der Waals surface area contributed by atoms with E-state index in [1.807, 2.05) is 24.3 Å². The highest BCUT2D eigenvalue weighted by Gasteiger charge is 2.09. The van der Waals surface area contributed by atoms with Gasteiger partial charge in [0.15, 0.2) is 5.43 Å². The van der Waals surface area contributed by atoms with Gasteiger partial charge in [-0.2, -0.15) is 0 Å². The summed E-state index contributed by atoms with van der Waals surface area (Å²) in [6.07, 6.45) is 1.96. The van der Waals surface area contributed by atoms with E-state index in [2.05, 4.69) is 0 Å². The first kappa shape index (κ1) is 15.0. The molecule has 0 saturated heterocycles. The van der Waals surface area contributed by atoms with Crippen molar-refractivity contribution in [1.82, 2.24) is 0 Å². The Balaban J connectivity index is 1.86. The molecule has 0 amide bonds. The minimum Gasteiger partial charge on any atom is -0.464 e. The van der Waals surface area contributed by atoms with Gasteiger partial charge in [0, 0.05) is 12.0 Å². The first-order valence-corrected chi connectivity index (χ1v) is 7.44. The molecule has 0 saturated carbocycles. The van der Waals surface area contributed by atoms with Gasteiger partial charge in [0.05, 0.1) is 23.8 Å². The summed E-state index contributed by atoms with van der Waals surface area (Å²) in [4.78, 5) is 24.1. The predicted molar refractivity (Wildman–Crippen MR) is 87.7 cm³/mol. The molecule has 3 aromatic rings. The molecular weight excluding hydrogens is 292 g/mol. The van der Waals surface area contributed by atoms with Gasteiger partial charge in [0.2, 0.25) is 0 Å². The molecule has 0 aliphatic carbocycles. The van der Waals surface area contributed by atoms with Crippen LogP contribution in [0.4, 0.5) is 0 Å². The monoisotopic (exact) mass is 308 g/mol. The Morgan fingerprint density at radius 2 is 1.83 bits per heavy atom. The van der Waals surface area contributed by atoms with Gasteiger partial charge in [-0.1, -0.05) is 24.3 Å². The number of carbonyl (C=O) groups is 1. The zero-order chi connectivity index (χ0) is 16.2. The fourth-order valence-corrected chi connectivity index (χ4v) is 2.43. The topological polar surface area (TPSA) is 56.5 Å². The van der Waals surface area contributed by atoms with Crippen molar-refractivity contribution in [2.24, 2.45) is 0 Å². The van der Waals surface area contributed by atoms with Crippen LogP contribution in [0.5, 0.6) is 0 Å². The second-order valence-electron chi connectivity index (χ2n) is 5.18. The van der Waals surface area contributed by atoms with E-state index in [0.29, 0.717) is 35.1 Å². The molecule has 0 aliphatic rings. The van der Waals surface area contributed by atoms with Crippen molar-refractivity contribution >= 4 is 16.9 Å². The van der Waals surface area contributed by atoms with E-state index in [-0.39, 0.29) is 11.4 Å². The van der Waals surface area contributed by atoms with Crippen LogP contribution in [0.2, 0.25) is 0 Å². The third-order valence-electron chi connectivity index (χ3n) is 3.61. The Kier molecular flexibility index (Phi) is 4.24. The Hall–Kier alpha value is -2.88. The summed E-state index contributed by atoms with van der Waals surface area (Å²) in [6.45, 7) is 2.12. The standard InChI is InChI=1S/C19H16O4/c1-2-22-19(21)14-9-7-13(8-10-14)11-15-12-23-17-6-4-3-5-16(17)18(15)20/h3-10,12H,2,11H2,1H3. The molecule has 116 valence electrons. The molecule has 3 rings (SSSR count). The molecule has 0 bridgehead atoms. The highest BCUT2D eigenvalue weighted by Crippen LogP contribution is 2.14. The zero-order valence-corrected chi connectivity index (χ0v) is 12.7. The highest BCUT2D eigenvalue weighted by molar-refractivity contribution is 5.89. The number of rotatable bonds is 4. The SMILES string of the molecule is CCOC(=O)c1ccc(Cc2coc3ccccc3c2=O)cc1. The van der Waals surface area contributed by atoms with E-state index in [1.165, 1.54) is 6.26 Å². The van der Waals surface area contributed by atoms with Gasteiger partial charge in [-0.05, 0) is 36.8 Å². The van der Waals surface area contributed by atoms with Gasteiger partial charge in [-0.15, -0.1) is 0 Å². The fourth-order valence-electron chi connectivity index (χ4n) is 2.43. The molecule has 1 heterocycles. The van der Waals surface area contributed by atoms with Crippen molar-refractivity contribution in [3.05, 3.63) is 81.7 Å². The van der Waals surface area contributed by atoms with Crippen LogP contribution in [0.1, 0.15) is 28.4 Å². The lowest BCUT2D eigenvalue weighted by Gasteiger charge is -2.05. The number of esters is 1. The van der Waals surface area contributed by atoms with Gasteiger partial charge in [-0.25, -0.2) is 4.79 Å². The van der Waals surface area contributed by atoms with Crippen LogP contribution in [-0.2, 0) is 11.2 Å². The molecule has 23 heavy (non-hydrogen) atoms. The summed E-state index contributed by atoms with van der Waals surface area (Å²) in [5.41, 5.74) is 2.58. The second kappa shape index (κ2) is 6.48. The molecule has 0 atom stereocenters. The van der Waals surface area contributed by atoms with Crippen LogP contribution in [0, 0.1) is 0 Å². The van der Waals surface area contributed by atoms with E-state index < -0.39 is 0 Å². The van der Waals surface area contributed by atoms with Crippen LogP contribution in [-0.4, -0.2) is 12.6 Å². The first-order chi connectivity index (χ1) is 11.2. The molecule has 2 aromatic carbocycles. The number of fused-ring (bicyclic) bond motifs is 1. The summed E-state index contributed by atoms with van der Waals surface area (Å²) >= 11 is 0. The number of hydrogen-bond donors (Lipinski definition) is 0. The van der Waals surface area contributed by atoms with E-state index in [9.17, 15) is 9.59 Å². The minimum atomic E-state index is -0.343. The molecule has 0 spiro atoms. The predicted octanol–water partition coefficient (Wildman–Crippen LogP) is 3.56. The van der Waals surface area contributed by atoms with Crippen molar-refractivity contribution < 1.29 is 13.9 Å². The van der Waals surface area contributed by atoms with Gasteiger partial charge < -0.3 is 9.15 Å². The van der Waals surface area contributed by atoms with Gasteiger partial charge in [0.25, 0.3) is 0 Å². The summed E-state index contributed by atoms with van der Waals surface area (Å²) in [6, 6.07) is 14.2. The number of hydrogen-bond acceptors (Lipinski definition) is 4. The van der Waals surface area contributed by atoms with Gasteiger partial charge in [0.1, 0.15) is 5.58 Å². The lowest BCUT2D eigenvalue weighted by atomic mass is 10.0.